The molecule has 0 spiro atoms. The van der Waals surface area contributed by atoms with Crippen LogP contribution < -0.4 is 10.6 Å². The number of benzene rings is 1. The zero-order valence-electron chi connectivity index (χ0n) is 8.81. The Bertz CT molecular complexity index is 464. The molecule has 0 bridgehead atoms. The summed E-state index contributed by atoms with van der Waals surface area (Å²) in [4.78, 5) is 22.2. The molecule has 1 heterocycles. The summed E-state index contributed by atoms with van der Waals surface area (Å²) in [7, 11) is 0. The average Bonchev–Trinajstić information content (AvgIpc) is 2.28. The van der Waals surface area contributed by atoms with Crippen LogP contribution >= 0.6 is 0 Å². The zero-order chi connectivity index (χ0) is 12.4. The number of nitrogens with one attached hydrogen (secondary N) is 2. The van der Waals surface area contributed by atoms with Crippen molar-refractivity contribution in [3.8, 4) is 0 Å². The number of hydrogen-bond donors (Lipinski definition) is 3. The molecule has 90 valence electrons. The number of carbonyl (C=O) groups excluding carboxylic acids is 1. The second-order valence-electron chi connectivity index (χ2n) is 3.78. The van der Waals surface area contributed by atoms with E-state index in [1.165, 1.54) is 18.2 Å². The fourth-order valence-electron chi connectivity index (χ4n) is 1.74. The Morgan fingerprint density at radius 2 is 2.12 bits per heavy atom. The van der Waals surface area contributed by atoms with Crippen molar-refractivity contribution in [1.82, 2.24) is 10.6 Å². The molecule has 6 heteroatoms. The Morgan fingerprint density at radius 3 is 2.76 bits per heavy atom. The van der Waals surface area contributed by atoms with Gasteiger partial charge in [-0.3, -0.25) is 14.9 Å². The second-order valence-corrected chi connectivity index (χ2v) is 3.78. The van der Waals surface area contributed by atoms with Gasteiger partial charge in [0.2, 0.25) is 5.91 Å². The first-order chi connectivity index (χ1) is 8.08. The van der Waals surface area contributed by atoms with Crippen molar-refractivity contribution in [2.75, 3.05) is 0 Å². The van der Waals surface area contributed by atoms with E-state index in [4.69, 9.17) is 5.11 Å². The predicted molar refractivity (Wildman–Crippen MR) is 56.5 cm³/mol. The molecule has 3 N–H and O–H groups in total. The molecule has 2 rings (SSSR count). The second kappa shape index (κ2) is 4.50. The highest BCUT2D eigenvalue weighted by Gasteiger charge is 2.32. The van der Waals surface area contributed by atoms with Gasteiger partial charge in [0.25, 0.3) is 0 Å². The first-order valence-corrected chi connectivity index (χ1v) is 5.10. The van der Waals surface area contributed by atoms with Crippen LogP contribution in [0.5, 0.6) is 0 Å². The van der Waals surface area contributed by atoms with Gasteiger partial charge >= 0.3 is 5.97 Å². The fourth-order valence-corrected chi connectivity index (χ4v) is 1.74. The van der Waals surface area contributed by atoms with Gasteiger partial charge in [0.05, 0.1) is 6.42 Å². The van der Waals surface area contributed by atoms with Crippen molar-refractivity contribution in [2.24, 2.45) is 0 Å². The summed E-state index contributed by atoms with van der Waals surface area (Å²) in [5.74, 6) is -2.03. The molecule has 2 unspecified atom stereocenters. The molecule has 2 atom stereocenters. The van der Waals surface area contributed by atoms with Gasteiger partial charge in [-0.25, -0.2) is 4.39 Å². The molecule has 0 aromatic heterocycles. The van der Waals surface area contributed by atoms with Crippen LogP contribution in [0.25, 0.3) is 0 Å². The minimum absolute atomic E-state index is 0.152. The number of carboxylic acid groups (broad SMARTS) is 1. The van der Waals surface area contributed by atoms with E-state index >= 15 is 0 Å². The molecule has 1 saturated heterocycles. The van der Waals surface area contributed by atoms with Crippen LogP contribution in [0.1, 0.15) is 18.2 Å². The van der Waals surface area contributed by atoms with Gasteiger partial charge in [-0.15, -0.1) is 0 Å². The molecule has 1 aliphatic rings. The Morgan fingerprint density at radius 1 is 1.41 bits per heavy atom. The van der Waals surface area contributed by atoms with Crippen molar-refractivity contribution in [3.05, 3.63) is 35.6 Å². The number of carboxylic acids is 1. The number of amides is 1. The van der Waals surface area contributed by atoms with Gasteiger partial charge < -0.3 is 10.4 Å². The van der Waals surface area contributed by atoms with E-state index in [0.29, 0.717) is 0 Å². The Hall–Kier alpha value is -1.95. The minimum atomic E-state index is -1.12. The lowest BCUT2D eigenvalue weighted by molar-refractivity contribution is -0.143. The molecule has 1 aliphatic heterocycles. The summed E-state index contributed by atoms with van der Waals surface area (Å²) >= 11 is 0. The van der Waals surface area contributed by atoms with Crippen LogP contribution in [-0.4, -0.2) is 23.0 Å². The van der Waals surface area contributed by atoms with Crippen molar-refractivity contribution in [2.45, 2.75) is 18.6 Å². The molecule has 0 aliphatic carbocycles. The summed E-state index contributed by atoms with van der Waals surface area (Å²) in [5, 5.41) is 14.0. The van der Waals surface area contributed by atoms with Gasteiger partial charge in [-0.05, 0) is 6.07 Å². The highest BCUT2D eigenvalue weighted by atomic mass is 19.1. The SMILES string of the molecule is O=C1CC(C(=O)O)NC(c2ccccc2F)N1. The lowest BCUT2D eigenvalue weighted by atomic mass is 10.1. The molecule has 1 fully saturated rings. The summed E-state index contributed by atoms with van der Waals surface area (Å²) in [6.45, 7) is 0. The summed E-state index contributed by atoms with van der Waals surface area (Å²) in [5.41, 5.74) is 0.229. The Labute approximate surface area is 96.6 Å². The van der Waals surface area contributed by atoms with Gasteiger partial charge in [0.15, 0.2) is 0 Å². The summed E-state index contributed by atoms with van der Waals surface area (Å²) in [6.07, 6.45) is -0.959. The molecule has 1 aromatic rings. The minimum Gasteiger partial charge on any atom is -0.480 e. The topological polar surface area (TPSA) is 78.4 Å². The highest BCUT2D eigenvalue weighted by Crippen LogP contribution is 2.18. The molecule has 0 saturated carbocycles. The molecular formula is C11H11FN2O3. The largest absolute Gasteiger partial charge is 0.480 e. The van der Waals surface area contributed by atoms with Crippen LogP contribution in [0.3, 0.4) is 0 Å². The van der Waals surface area contributed by atoms with E-state index in [9.17, 15) is 14.0 Å². The van der Waals surface area contributed by atoms with E-state index < -0.39 is 29.9 Å². The normalized spacial score (nSPS) is 24.2. The Balaban J connectivity index is 2.24. The summed E-state index contributed by atoms with van der Waals surface area (Å²) < 4.78 is 13.5. The molecule has 0 radical (unpaired) electrons. The quantitative estimate of drug-likeness (QED) is 0.696. The highest BCUT2D eigenvalue weighted by molar-refractivity contribution is 5.86. The monoisotopic (exact) mass is 238 g/mol. The zero-order valence-corrected chi connectivity index (χ0v) is 8.81. The molecule has 17 heavy (non-hydrogen) atoms. The van der Waals surface area contributed by atoms with E-state index in [2.05, 4.69) is 10.6 Å². The maximum absolute atomic E-state index is 13.5. The van der Waals surface area contributed by atoms with E-state index in [1.807, 2.05) is 0 Å². The van der Waals surface area contributed by atoms with E-state index in [1.54, 1.807) is 6.07 Å². The number of aliphatic carboxylic acids is 1. The number of carbonyl (C=O) groups is 2. The van der Waals surface area contributed by atoms with Gasteiger partial charge in [-0.1, -0.05) is 18.2 Å². The molecular weight excluding hydrogens is 227 g/mol. The maximum atomic E-state index is 13.5. The van der Waals surface area contributed by atoms with Crippen molar-refractivity contribution in [1.29, 1.82) is 0 Å². The van der Waals surface area contributed by atoms with Crippen molar-refractivity contribution in [3.63, 3.8) is 0 Å². The smallest absolute Gasteiger partial charge is 0.321 e. The van der Waals surface area contributed by atoms with Crippen molar-refractivity contribution >= 4 is 11.9 Å². The van der Waals surface area contributed by atoms with Crippen molar-refractivity contribution < 1.29 is 19.1 Å². The number of rotatable bonds is 2. The summed E-state index contributed by atoms with van der Waals surface area (Å²) in [6, 6.07) is 4.91. The third-order valence-electron chi connectivity index (χ3n) is 2.58. The number of hydrogen-bond acceptors (Lipinski definition) is 3. The fraction of sp³-hybridized carbons (Fsp3) is 0.273. The first kappa shape index (κ1) is 11.5. The first-order valence-electron chi connectivity index (χ1n) is 5.10. The van der Waals surface area contributed by atoms with Crippen LogP contribution in [0.2, 0.25) is 0 Å². The average molecular weight is 238 g/mol. The van der Waals surface area contributed by atoms with Gasteiger partial charge in [0, 0.05) is 5.56 Å². The lowest BCUT2D eigenvalue weighted by Gasteiger charge is -2.29. The third kappa shape index (κ3) is 2.42. The van der Waals surface area contributed by atoms with E-state index in [-0.39, 0.29) is 12.0 Å². The van der Waals surface area contributed by atoms with E-state index in [0.717, 1.165) is 0 Å². The molecule has 5 nitrogen and oxygen atoms in total. The third-order valence-corrected chi connectivity index (χ3v) is 2.58. The van der Waals surface area contributed by atoms with Crippen LogP contribution in [-0.2, 0) is 9.59 Å². The standard InChI is InChI=1S/C11H11FN2O3/c12-7-4-2-1-3-6(7)10-13-8(11(16)17)5-9(15)14-10/h1-4,8,10,13H,5H2,(H,14,15)(H,16,17). The maximum Gasteiger partial charge on any atom is 0.321 e. The Kier molecular flexibility index (Phi) is 3.06. The van der Waals surface area contributed by atoms with Gasteiger partial charge in [0.1, 0.15) is 18.0 Å². The van der Waals surface area contributed by atoms with Gasteiger partial charge in [-0.2, -0.15) is 0 Å². The van der Waals surface area contributed by atoms with Crippen LogP contribution in [0.4, 0.5) is 4.39 Å². The number of halogens is 1. The predicted octanol–water partition coefficient (Wildman–Crippen LogP) is 0.387. The lowest BCUT2D eigenvalue weighted by Crippen LogP contribution is -2.53. The van der Waals surface area contributed by atoms with Crippen LogP contribution in [0, 0.1) is 5.82 Å². The molecule has 1 amide bonds. The molecule has 1 aromatic carbocycles. The van der Waals surface area contributed by atoms with Crippen LogP contribution in [0.15, 0.2) is 24.3 Å².